The molecule has 0 radical (unpaired) electrons. The van der Waals surface area contributed by atoms with Crippen molar-refractivity contribution in [1.29, 1.82) is 5.26 Å². The van der Waals surface area contributed by atoms with Crippen LogP contribution in [0.2, 0.25) is 5.02 Å². The monoisotopic (exact) mass is 308 g/mol. The number of aromatic nitrogens is 1. The molecule has 1 N–H and O–H groups in total. The Bertz CT molecular complexity index is 468. The molecule has 5 heteroatoms. The summed E-state index contributed by atoms with van der Waals surface area (Å²) in [7, 11) is 0. The van der Waals surface area contributed by atoms with Crippen molar-refractivity contribution < 1.29 is 0 Å². The molecule has 21 heavy (non-hydrogen) atoms. The highest BCUT2D eigenvalue weighted by Crippen LogP contribution is 2.19. The zero-order valence-electron chi connectivity index (χ0n) is 13.2. The first-order chi connectivity index (χ1) is 10.1. The van der Waals surface area contributed by atoms with Crippen LogP contribution in [0.15, 0.2) is 12.1 Å². The molecule has 0 bridgehead atoms. The smallest absolute Gasteiger partial charge is 0.126 e. The van der Waals surface area contributed by atoms with Crippen molar-refractivity contribution >= 4 is 17.4 Å². The van der Waals surface area contributed by atoms with Crippen molar-refractivity contribution in [2.75, 3.05) is 25.0 Å². The predicted molar refractivity (Wildman–Crippen MR) is 88.4 cm³/mol. The first-order valence-corrected chi connectivity index (χ1v) is 7.93. The molecule has 0 aliphatic carbocycles. The number of halogens is 1. The molecule has 0 unspecified atom stereocenters. The Morgan fingerprint density at radius 1 is 1.43 bits per heavy atom. The fourth-order valence-corrected chi connectivity index (χ4v) is 2.28. The van der Waals surface area contributed by atoms with Crippen LogP contribution in [0, 0.1) is 17.2 Å². The maximum absolute atomic E-state index is 8.78. The SMILES string of the molecule is CCCNc1ccc(Cl)c(CN(CCC#N)CC(C)C)n1. The van der Waals surface area contributed by atoms with Gasteiger partial charge in [0.25, 0.3) is 0 Å². The average molecular weight is 309 g/mol. The summed E-state index contributed by atoms with van der Waals surface area (Å²) in [5, 5.41) is 12.7. The second kappa shape index (κ2) is 9.59. The lowest BCUT2D eigenvalue weighted by Crippen LogP contribution is -2.29. The van der Waals surface area contributed by atoms with Gasteiger partial charge >= 0.3 is 0 Å². The Morgan fingerprint density at radius 2 is 2.19 bits per heavy atom. The Balaban J connectivity index is 2.78. The first kappa shape index (κ1) is 17.7. The minimum Gasteiger partial charge on any atom is -0.370 e. The molecule has 0 saturated heterocycles. The molecule has 1 rings (SSSR count). The number of nitrogens with one attached hydrogen (secondary N) is 1. The molecule has 1 heterocycles. The van der Waals surface area contributed by atoms with Crippen molar-refractivity contribution in [3.05, 3.63) is 22.8 Å². The van der Waals surface area contributed by atoms with Gasteiger partial charge in [0.05, 0.1) is 16.8 Å². The number of nitrogens with zero attached hydrogens (tertiary/aromatic N) is 3. The summed E-state index contributed by atoms with van der Waals surface area (Å²) < 4.78 is 0. The van der Waals surface area contributed by atoms with Gasteiger partial charge in [-0.25, -0.2) is 4.98 Å². The van der Waals surface area contributed by atoms with Gasteiger partial charge in [-0.1, -0.05) is 32.4 Å². The summed E-state index contributed by atoms with van der Waals surface area (Å²) >= 11 is 6.26. The van der Waals surface area contributed by atoms with Crippen LogP contribution in [0.25, 0.3) is 0 Å². The van der Waals surface area contributed by atoms with E-state index in [0.717, 1.165) is 37.6 Å². The van der Waals surface area contributed by atoms with E-state index < -0.39 is 0 Å². The van der Waals surface area contributed by atoms with E-state index >= 15 is 0 Å². The van der Waals surface area contributed by atoms with Gasteiger partial charge < -0.3 is 5.32 Å². The van der Waals surface area contributed by atoms with Crippen LogP contribution < -0.4 is 5.32 Å². The van der Waals surface area contributed by atoms with Crippen LogP contribution in [0.1, 0.15) is 39.3 Å². The third kappa shape index (κ3) is 6.79. The van der Waals surface area contributed by atoms with Gasteiger partial charge in [-0.05, 0) is 24.5 Å². The number of anilines is 1. The molecule has 0 amide bonds. The second-order valence-electron chi connectivity index (χ2n) is 5.59. The summed E-state index contributed by atoms with van der Waals surface area (Å²) in [4.78, 5) is 6.84. The molecule has 1 aromatic rings. The minimum atomic E-state index is 0.526. The average Bonchev–Trinajstić information content (AvgIpc) is 2.45. The van der Waals surface area contributed by atoms with Gasteiger partial charge in [-0.15, -0.1) is 0 Å². The van der Waals surface area contributed by atoms with E-state index in [1.54, 1.807) is 0 Å². The van der Waals surface area contributed by atoms with Crippen LogP contribution in [0.5, 0.6) is 0 Å². The van der Waals surface area contributed by atoms with Crippen molar-refractivity contribution in [3.8, 4) is 6.07 Å². The summed E-state index contributed by atoms with van der Waals surface area (Å²) in [5.74, 6) is 1.41. The minimum absolute atomic E-state index is 0.526. The summed E-state index contributed by atoms with van der Waals surface area (Å²) in [5.41, 5.74) is 0.872. The maximum Gasteiger partial charge on any atom is 0.126 e. The van der Waals surface area contributed by atoms with Crippen LogP contribution in [-0.4, -0.2) is 29.5 Å². The molecule has 0 aliphatic heterocycles. The van der Waals surface area contributed by atoms with Crippen molar-refractivity contribution in [2.45, 2.75) is 40.2 Å². The quantitative estimate of drug-likeness (QED) is 0.751. The van der Waals surface area contributed by atoms with Crippen molar-refractivity contribution in [1.82, 2.24) is 9.88 Å². The Morgan fingerprint density at radius 3 is 2.81 bits per heavy atom. The van der Waals surface area contributed by atoms with E-state index in [9.17, 15) is 0 Å². The lowest BCUT2D eigenvalue weighted by atomic mass is 10.2. The van der Waals surface area contributed by atoms with E-state index in [4.69, 9.17) is 16.9 Å². The molecular weight excluding hydrogens is 284 g/mol. The van der Waals surface area contributed by atoms with Crippen molar-refractivity contribution in [3.63, 3.8) is 0 Å². The molecule has 0 fully saturated rings. The third-order valence-electron chi connectivity index (χ3n) is 3.01. The molecule has 0 aliphatic rings. The zero-order chi connectivity index (χ0) is 15.7. The molecular formula is C16H25ClN4. The number of hydrogen-bond acceptors (Lipinski definition) is 4. The van der Waals surface area contributed by atoms with Gasteiger partial charge in [0.2, 0.25) is 0 Å². The second-order valence-corrected chi connectivity index (χ2v) is 6.00. The largest absolute Gasteiger partial charge is 0.370 e. The number of hydrogen-bond donors (Lipinski definition) is 1. The van der Waals surface area contributed by atoms with E-state index in [-0.39, 0.29) is 0 Å². The fourth-order valence-electron chi connectivity index (χ4n) is 2.12. The molecule has 0 spiro atoms. The normalized spacial score (nSPS) is 10.9. The van der Waals surface area contributed by atoms with Gasteiger partial charge in [0.1, 0.15) is 5.82 Å². The highest BCUT2D eigenvalue weighted by atomic mass is 35.5. The zero-order valence-corrected chi connectivity index (χ0v) is 14.0. The van der Waals surface area contributed by atoms with Crippen LogP contribution in [-0.2, 0) is 6.54 Å². The van der Waals surface area contributed by atoms with Crippen molar-refractivity contribution in [2.24, 2.45) is 5.92 Å². The summed E-state index contributed by atoms with van der Waals surface area (Å²) in [6, 6.07) is 6.00. The highest BCUT2D eigenvalue weighted by molar-refractivity contribution is 6.31. The molecule has 116 valence electrons. The van der Waals surface area contributed by atoms with Gasteiger partial charge in [0, 0.05) is 32.6 Å². The van der Waals surface area contributed by atoms with E-state index in [1.165, 1.54) is 0 Å². The Labute approximate surface area is 133 Å². The first-order valence-electron chi connectivity index (χ1n) is 7.55. The Kier molecular flexibility index (Phi) is 8.11. The topological polar surface area (TPSA) is 52.0 Å². The van der Waals surface area contributed by atoms with Gasteiger partial charge in [0.15, 0.2) is 0 Å². The summed E-state index contributed by atoms with van der Waals surface area (Å²) in [6.45, 7) is 9.74. The molecule has 0 aromatic carbocycles. The predicted octanol–water partition coefficient (Wildman–Crippen LogP) is 3.93. The van der Waals surface area contributed by atoms with Gasteiger partial charge in [-0.3, -0.25) is 4.90 Å². The number of pyridine rings is 1. The van der Waals surface area contributed by atoms with Crippen LogP contribution in [0.4, 0.5) is 5.82 Å². The molecule has 0 saturated carbocycles. The third-order valence-corrected chi connectivity index (χ3v) is 3.36. The molecule has 0 atom stereocenters. The fraction of sp³-hybridized carbons (Fsp3) is 0.625. The number of rotatable bonds is 9. The standard InChI is InChI=1S/C16H25ClN4/c1-4-9-19-16-7-6-14(17)15(20-16)12-21(10-5-8-18)11-13(2)3/h6-7,13H,4-5,9-12H2,1-3H3,(H,19,20). The highest BCUT2D eigenvalue weighted by Gasteiger charge is 2.12. The van der Waals surface area contributed by atoms with Gasteiger partial charge in [-0.2, -0.15) is 5.26 Å². The summed E-state index contributed by atoms with van der Waals surface area (Å²) in [6.07, 6.45) is 1.58. The number of nitriles is 1. The van der Waals surface area contributed by atoms with Crippen LogP contribution >= 0.6 is 11.6 Å². The van der Waals surface area contributed by atoms with Crippen LogP contribution in [0.3, 0.4) is 0 Å². The maximum atomic E-state index is 8.78. The molecule has 1 aromatic heterocycles. The van der Waals surface area contributed by atoms with E-state index in [0.29, 0.717) is 23.9 Å². The van der Waals surface area contributed by atoms with E-state index in [1.807, 2.05) is 12.1 Å². The lowest BCUT2D eigenvalue weighted by molar-refractivity contribution is 0.239. The Hall–Kier alpha value is -1.31. The van der Waals surface area contributed by atoms with E-state index in [2.05, 4.69) is 42.0 Å². The molecule has 4 nitrogen and oxygen atoms in total. The lowest BCUT2D eigenvalue weighted by Gasteiger charge is -2.23.